The number of benzene rings is 2. The van der Waals surface area contributed by atoms with Gasteiger partial charge in [-0.1, -0.05) is 48.5 Å². The van der Waals surface area contributed by atoms with E-state index < -0.39 is 0 Å². The second kappa shape index (κ2) is 6.58. The Morgan fingerprint density at radius 1 is 0.950 bits per heavy atom. The molecule has 0 unspecified atom stereocenters. The van der Waals surface area contributed by atoms with Crippen molar-refractivity contribution in [2.45, 2.75) is 25.9 Å². The van der Waals surface area contributed by atoms with Gasteiger partial charge in [0.25, 0.3) is 0 Å². The van der Waals surface area contributed by atoms with Crippen LogP contribution in [-0.4, -0.2) is 19.3 Å². The van der Waals surface area contributed by atoms with Crippen LogP contribution in [0, 0.1) is 0 Å². The molecule has 2 rings (SSSR count). The molecule has 0 saturated carbocycles. The van der Waals surface area contributed by atoms with Crippen LogP contribution in [-0.2, 0) is 4.74 Å². The first-order valence-corrected chi connectivity index (χ1v) is 7.06. The van der Waals surface area contributed by atoms with Gasteiger partial charge < -0.3 is 10.1 Å². The van der Waals surface area contributed by atoms with Crippen LogP contribution < -0.4 is 5.32 Å². The maximum atomic E-state index is 5.45. The van der Waals surface area contributed by atoms with Gasteiger partial charge in [0.2, 0.25) is 0 Å². The second-order valence-corrected chi connectivity index (χ2v) is 5.55. The molecule has 2 nitrogen and oxygen atoms in total. The number of nitrogens with one attached hydrogen (secondary N) is 1. The number of methoxy groups -OCH3 is 1. The molecule has 0 aliphatic heterocycles. The Hall–Kier alpha value is -1.80. The Morgan fingerprint density at radius 3 is 2.30 bits per heavy atom. The molecule has 0 amide bonds. The van der Waals surface area contributed by atoms with Gasteiger partial charge in [-0.25, -0.2) is 0 Å². The van der Waals surface area contributed by atoms with Crippen LogP contribution in [0.15, 0.2) is 54.6 Å². The molecule has 20 heavy (non-hydrogen) atoms. The molecule has 0 fully saturated rings. The molecule has 0 saturated heterocycles. The lowest BCUT2D eigenvalue weighted by Crippen LogP contribution is -2.25. The highest BCUT2D eigenvalue weighted by Crippen LogP contribution is 2.27. The number of rotatable bonds is 6. The van der Waals surface area contributed by atoms with Crippen molar-refractivity contribution in [2.24, 2.45) is 0 Å². The average Bonchev–Trinajstić information content (AvgIpc) is 2.48. The van der Waals surface area contributed by atoms with E-state index in [-0.39, 0.29) is 5.60 Å². The monoisotopic (exact) mass is 269 g/mol. The summed E-state index contributed by atoms with van der Waals surface area (Å²) in [6.07, 6.45) is 0.965. The average molecular weight is 269 g/mol. The van der Waals surface area contributed by atoms with Crippen LogP contribution >= 0.6 is 0 Å². The summed E-state index contributed by atoms with van der Waals surface area (Å²) in [6, 6.07) is 18.9. The number of ether oxygens (including phenoxy) is 1. The third-order valence-corrected chi connectivity index (χ3v) is 3.61. The summed E-state index contributed by atoms with van der Waals surface area (Å²) in [5.41, 5.74) is 3.56. The fourth-order valence-electron chi connectivity index (χ4n) is 2.11. The molecule has 0 aliphatic carbocycles. The molecule has 0 spiro atoms. The van der Waals surface area contributed by atoms with E-state index in [1.165, 1.54) is 16.8 Å². The van der Waals surface area contributed by atoms with Crippen molar-refractivity contribution in [2.75, 3.05) is 19.0 Å². The zero-order chi connectivity index (χ0) is 14.4. The predicted octanol–water partition coefficient (Wildman–Crippen LogP) is 4.58. The van der Waals surface area contributed by atoms with Crippen LogP contribution in [0.25, 0.3) is 11.1 Å². The fraction of sp³-hybridized carbons (Fsp3) is 0.333. The van der Waals surface area contributed by atoms with E-state index in [0.717, 1.165) is 13.0 Å². The molecule has 2 aromatic carbocycles. The van der Waals surface area contributed by atoms with Crippen LogP contribution in [0.4, 0.5) is 5.69 Å². The van der Waals surface area contributed by atoms with E-state index >= 15 is 0 Å². The van der Waals surface area contributed by atoms with Gasteiger partial charge in [-0.15, -0.1) is 0 Å². The van der Waals surface area contributed by atoms with Crippen molar-refractivity contribution < 1.29 is 4.74 Å². The number of anilines is 1. The van der Waals surface area contributed by atoms with Gasteiger partial charge in [0.05, 0.1) is 5.60 Å². The first-order valence-electron chi connectivity index (χ1n) is 7.06. The molecule has 106 valence electrons. The Bertz CT molecular complexity index is 534. The normalized spacial score (nSPS) is 11.3. The molecule has 1 N–H and O–H groups in total. The largest absolute Gasteiger partial charge is 0.384 e. The predicted molar refractivity (Wildman–Crippen MR) is 86.1 cm³/mol. The molecule has 0 aliphatic rings. The summed E-state index contributed by atoms with van der Waals surface area (Å²) in [5.74, 6) is 0. The molecule has 2 heteroatoms. The van der Waals surface area contributed by atoms with Gasteiger partial charge in [0.15, 0.2) is 0 Å². The van der Waals surface area contributed by atoms with Crippen LogP contribution in [0.3, 0.4) is 0 Å². The number of hydrogen-bond acceptors (Lipinski definition) is 2. The highest BCUT2D eigenvalue weighted by Gasteiger charge is 2.15. The first-order chi connectivity index (χ1) is 9.62. The number of hydrogen-bond donors (Lipinski definition) is 1. The summed E-state index contributed by atoms with van der Waals surface area (Å²) < 4.78 is 5.45. The Morgan fingerprint density at radius 2 is 1.60 bits per heavy atom. The fourth-order valence-corrected chi connectivity index (χ4v) is 2.11. The lowest BCUT2D eigenvalue weighted by atomic mass is 10.0. The van der Waals surface area contributed by atoms with Gasteiger partial charge in [-0.05, 0) is 31.9 Å². The van der Waals surface area contributed by atoms with E-state index in [9.17, 15) is 0 Å². The molecule has 2 aromatic rings. The van der Waals surface area contributed by atoms with Crippen molar-refractivity contribution >= 4 is 5.69 Å². The summed E-state index contributed by atoms with van der Waals surface area (Å²) in [7, 11) is 1.76. The minimum absolute atomic E-state index is 0.0886. The van der Waals surface area contributed by atoms with Crippen molar-refractivity contribution in [3.05, 3.63) is 54.6 Å². The van der Waals surface area contributed by atoms with Crippen molar-refractivity contribution in [3.8, 4) is 11.1 Å². The first kappa shape index (κ1) is 14.6. The van der Waals surface area contributed by atoms with Crippen molar-refractivity contribution in [1.29, 1.82) is 0 Å². The molecular formula is C18H23NO. The minimum atomic E-state index is -0.0886. The summed E-state index contributed by atoms with van der Waals surface area (Å²) in [6.45, 7) is 5.11. The van der Waals surface area contributed by atoms with Gasteiger partial charge in [-0.3, -0.25) is 0 Å². The molecule has 0 bridgehead atoms. The Labute approximate surface area is 121 Å². The van der Waals surface area contributed by atoms with E-state index in [1.807, 2.05) is 6.07 Å². The van der Waals surface area contributed by atoms with E-state index in [1.54, 1.807) is 7.11 Å². The highest BCUT2D eigenvalue weighted by atomic mass is 16.5. The number of para-hydroxylation sites is 1. The van der Waals surface area contributed by atoms with Crippen LogP contribution in [0.1, 0.15) is 20.3 Å². The highest BCUT2D eigenvalue weighted by molar-refractivity contribution is 5.77. The molecule has 0 radical (unpaired) electrons. The van der Waals surface area contributed by atoms with Crippen molar-refractivity contribution in [3.63, 3.8) is 0 Å². The molecule has 0 atom stereocenters. The quantitative estimate of drug-likeness (QED) is 0.828. The lowest BCUT2D eigenvalue weighted by molar-refractivity contribution is 0.0185. The van der Waals surface area contributed by atoms with E-state index in [0.29, 0.717) is 0 Å². The third-order valence-electron chi connectivity index (χ3n) is 3.61. The second-order valence-electron chi connectivity index (χ2n) is 5.55. The summed E-state index contributed by atoms with van der Waals surface area (Å²) >= 11 is 0. The maximum absolute atomic E-state index is 5.45. The maximum Gasteiger partial charge on any atom is 0.0639 e. The van der Waals surface area contributed by atoms with Crippen LogP contribution in [0.2, 0.25) is 0 Å². The topological polar surface area (TPSA) is 21.3 Å². The Balaban J connectivity index is 2.10. The zero-order valence-corrected chi connectivity index (χ0v) is 12.5. The van der Waals surface area contributed by atoms with E-state index in [4.69, 9.17) is 4.74 Å². The SMILES string of the molecule is COC(C)(C)CCNc1ccccc1-c1ccccc1. The third kappa shape index (κ3) is 3.84. The minimum Gasteiger partial charge on any atom is -0.384 e. The Kier molecular flexibility index (Phi) is 4.80. The van der Waals surface area contributed by atoms with Crippen molar-refractivity contribution in [1.82, 2.24) is 0 Å². The van der Waals surface area contributed by atoms with Crippen LogP contribution in [0.5, 0.6) is 0 Å². The van der Waals surface area contributed by atoms with Gasteiger partial charge in [-0.2, -0.15) is 0 Å². The smallest absolute Gasteiger partial charge is 0.0639 e. The van der Waals surface area contributed by atoms with E-state index in [2.05, 4.69) is 67.7 Å². The van der Waals surface area contributed by atoms with Gasteiger partial charge in [0, 0.05) is 24.9 Å². The van der Waals surface area contributed by atoms with Gasteiger partial charge >= 0.3 is 0 Å². The summed E-state index contributed by atoms with van der Waals surface area (Å²) in [5, 5.41) is 3.52. The molecule has 0 heterocycles. The molecular weight excluding hydrogens is 246 g/mol. The lowest BCUT2D eigenvalue weighted by Gasteiger charge is -2.23. The zero-order valence-electron chi connectivity index (χ0n) is 12.5. The summed E-state index contributed by atoms with van der Waals surface area (Å²) in [4.78, 5) is 0. The van der Waals surface area contributed by atoms with Gasteiger partial charge in [0.1, 0.15) is 0 Å². The molecule has 0 aromatic heterocycles. The standard InChI is InChI=1S/C18H23NO/c1-18(2,20-3)13-14-19-17-12-8-7-11-16(17)15-9-5-4-6-10-15/h4-12,19H,13-14H2,1-3H3.